The van der Waals surface area contributed by atoms with Crippen molar-refractivity contribution in [2.75, 3.05) is 6.61 Å². The number of carboxylic acids is 1. The molecule has 1 aliphatic heterocycles. The van der Waals surface area contributed by atoms with Crippen molar-refractivity contribution >= 4 is 5.97 Å². The first-order valence-electron chi connectivity index (χ1n) is 7.65. The summed E-state index contributed by atoms with van der Waals surface area (Å²) in [4.78, 5) is 13.6. The van der Waals surface area contributed by atoms with Gasteiger partial charge in [0.2, 0.25) is 0 Å². The van der Waals surface area contributed by atoms with Gasteiger partial charge in [-0.2, -0.15) is 0 Å². The average Bonchev–Trinajstić information content (AvgIpc) is 2.88. The second-order valence-electron chi connectivity index (χ2n) is 5.61. The van der Waals surface area contributed by atoms with Crippen LogP contribution in [0.15, 0.2) is 24.3 Å². The minimum absolute atomic E-state index is 0.370. The summed E-state index contributed by atoms with van der Waals surface area (Å²) >= 11 is 0. The summed E-state index contributed by atoms with van der Waals surface area (Å²) in [7, 11) is 0. The van der Waals surface area contributed by atoms with Crippen molar-refractivity contribution < 1.29 is 14.6 Å². The number of aliphatic carboxylic acids is 1. The number of carbonyl (C=O) groups is 1. The van der Waals surface area contributed by atoms with Crippen molar-refractivity contribution in [1.82, 2.24) is 19.7 Å². The first kappa shape index (κ1) is 15.5. The smallest absolute Gasteiger partial charge is 0.322 e. The number of hydrogen-bond donors (Lipinski definition) is 1. The van der Waals surface area contributed by atoms with E-state index in [-0.39, 0.29) is 0 Å². The Hall–Kier alpha value is -2.41. The molecule has 23 heavy (non-hydrogen) atoms. The van der Waals surface area contributed by atoms with Crippen LogP contribution in [0.4, 0.5) is 0 Å². The molecular formula is C16H20N4O3. The molecule has 1 N–H and O–H groups in total. The Kier molecular flexibility index (Phi) is 4.29. The van der Waals surface area contributed by atoms with E-state index in [1.807, 2.05) is 47.6 Å². The van der Waals surface area contributed by atoms with E-state index in [1.165, 1.54) is 0 Å². The van der Waals surface area contributed by atoms with Crippen LogP contribution < -0.4 is 4.74 Å². The molecule has 1 unspecified atom stereocenters. The monoisotopic (exact) mass is 316 g/mol. The Bertz CT molecular complexity index is 713. The third kappa shape index (κ3) is 3.19. The fourth-order valence-electron chi connectivity index (χ4n) is 2.89. The summed E-state index contributed by atoms with van der Waals surface area (Å²) in [6, 6.07) is 7.16. The molecule has 122 valence electrons. The topological polar surface area (TPSA) is 80.5 Å². The normalized spacial score (nSPS) is 17.7. The van der Waals surface area contributed by atoms with E-state index in [4.69, 9.17) is 4.74 Å². The minimum atomic E-state index is -0.829. The second-order valence-corrected chi connectivity index (χ2v) is 5.61. The lowest BCUT2D eigenvalue weighted by Gasteiger charge is -2.33. The molecule has 3 rings (SSSR count). The van der Waals surface area contributed by atoms with Gasteiger partial charge in [0.05, 0.1) is 19.7 Å². The zero-order valence-electron chi connectivity index (χ0n) is 13.3. The number of ether oxygens (including phenoxy) is 1. The van der Waals surface area contributed by atoms with Crippen molar-refractivity contribution in [3.8, 4) is 5.75 Å². The molecule has 1 aromatic carbocycles. The molecule has 2 heterocycles. The molecule has 1 aromatic heterocycles. The Balaban J connectivity index is 1.83. The summed E-state index contributed by atoms with van der Waals surface area (Å²) in [6.45, 7) is 5.76. The molecule has 0 saturated carbocycles. The van der Waals surface area contributed by atoms with E-state index in [0.717, 1.165) is 23.0 Å². The summed E-state index contributed by atoms with van der Waals surface area (Å²) in [5, 5.41) is 17.7. The zero-order chi connectivity index (χ0) is 16.4. The lowest BCUT2D eigenvalue weighted by Crippen LogP contribution is -2.47. The van der Waals surface area contributed by atoms with Crippen LogP contribution >= 0.6 is 0 Å². The Labute approximate surface area is 134 Å². The highest BCUT2D eigenvalue weighted by molar-refractivity contribution is 5.73. The van der Waals surface area contributed by atoms with Crippen LogP contribution in [-0.4, -0.2) is 43.4 Å². The molecule has 2 aromatic rings. The number of benzene rings is 1. The molecular weight excluding hydrogens is 296 g/mol. The van der Waals surface area contributed by atoms with Crippen molar-refractivity contribution in [1.29, 1.82) is 0 Å². The number of aromatic nitrogens is 3. The number of nitrogens with zero attached hydrogens (tertiary/aromatic N) is 4. The van der Waals surface area contributed by atoms with Crippen LogP contribution in [-0.2, 0) is 24.4 Å². The van der Waals surface area contributed by atoms with Gasteiger partial charge in [-0.3, -0.25) is 9.69 Å². The van der Waals surface area contributed by atoms with Gasteiger partial charge in [0.25, 0.3) is 0 Å². The molecule has 0 bridgehead atoms. The first-order chi connectivity index (χ1) is 11.1. The predicted molar refractivity (Wildman–Crippen MR) is 83.0 cm³/mol. The van der Waals surface area contributed by atoms with Crippen LogP contribution in [0, 0.1) is 6.92 Å². The fraction of sp³-hybridized carbons (Fsp3) is 0.438. The molecule has 1 aliphatic rings. The molecule has 0 spiro atoms. The van der Waals surface area contributed by atoms with E-state index in [2.05, 4.69) is 10.2 Å². The Morgan fingerprint density at radius 2 is 2.26 bits per heavy atom. The summed E-state index contributed by atoms with van der Waals surface area (Å²) in [5.41, 5.74) is 1.02. The summed E-state index contributed by atoms with van der Waals surface area (Å²) in [5.74, 6) is 1.53. The SMILES string of the molecule is CCOc1cccc(CN2Cc3nnc(C)n3CC2C(=O)O)c1. The van der Waals surface area contributed by atoms with Gasteiger partial charge in [-0.25, -0.2) is 0 Å². The maximum Gasteiger partial charge on any atom is 0.322 e. The Morgan fingerprint density at radius 1 is 1.43 bits per heavy atom. The van der Waals surface area contributed by atoms with E-state index >= 15 is 0 Å². The first-order valence-corrected chi connectivity index (χ1v) is 7.65. The van der Waals surface area contributed by atoms with E-state index in [1.54, 1.807) is 0 Å². The molecule has 0 saturated heterocycles. The minimum Gasteiger partial charge on any atom is -0.494 e. The zero-order valence-corrected chi connectivity index (χ0v) is 13.3. The van der Waals surface area contributed by atoms with Crippen LogP contribution in [0.3, 0.4) is 0 Å². The molecule has 0 aliphatic carbocycles. The number of fused-ring (bicyclic) bond motifs is 1. The molecule has 0 fully saturated rings. The van der Waals surface area contributed by atoms with Crippen LogP contribution in [0.25, 0.3) is 0 Å². The maximum absolute atomic E-state index is 11.6. The van der Waals surface area contributed by atoms with E-state index in [9.17, 15) is 9.90 Å². The van der Waals surface area contributed by atoms with Gasteiger partial charge in [-0.05, 0) is 31.5 Å². The standard InChI is InChI=1S/C16H20N4O3/c1-3-23-13-6-4-5-12(7-13)8-19-10-15-18-17-11(2)20(15)9-14(19)16(21)22/h4-7,14H,3,8-10H2,1-2H3,(H,21,22). The van der Waals surface area contributed by atoms with Gasteiger partial charge in [0.15, 0.2) is 0 Å². The maximum atomic E-state index is 11.6. The lowest BCUT2D eigenvalue weighted by atomic mass is 10.1. The highest BCUT2D eigenvalue weighted by Gasteiger charge is 2.33. The molecule has 0 amide bonds. The fourth-order valence-corrected chi connectivity index (χ4v) is 2.89. The van der Waals surface area contributed by atoms with Gasteiger partial charge in [-0.15, -0.1) is 10.2 Å². The van der Waals surface area contributed by atoms with Crippen molar-refractivity contribution in [3.05, 3.63) is 41.5 Å². The third-order valence-electron chi connectivity index (χ3n) is 4.03. The highest BCUT2D eigenvalue weighted by atomic mass is 16.5. The number of aryl methyl sites for hydroxylation is 1. The molecule has 7 heteroatoms. The van der Waals surface area contributed by atoms with Crippen molar-refractivity contribution in [3.63, 3.8) is 0 Å². The predicted octanol–water partition coefficient (Wildman–Crippen LogP) is 1.45. The largest absolute Gasteiger partial charge is 0.494 e. The van der Waals surface area contributed by atoms with Crippen LogP contribution in [0.1, 0.15) is 24.1 Å². The second kappa shape index (κ2) is 6.37. The molecule has 0 radical (unpaired) electrons. The number of hydrogen-bond acceptors (Lipinski definition) is 5. The quantitative estimate of drug-likeness (QED) is 0.899. The van der Waals surface area contributed by atoms with Gasteiger partial charge in [0, 0.05) is 6.54 Å². The van der Waals surface area contributed by atoms with Crippen molar-refractivity contribution in [2.24, 2.45) is 0 Å². The number of rotatable bonds is 5. The Morgan fingerprint density at radius 3 is 3.00 bits per heavy atom. The van der Waals surface area contributed by atoms with Gasteiger partial charge >= 0.3 is 5.97 Å². The van der Waals surface area contributed by atoms with Crippen LogP contribution in [0.5, 0.6) is 5.75 Å². The highest BCUT2D eigenvalue weighted by Crippen LogP contribution is 2.22. The van der Waals surface area contributed by atoms with Gasteiger partial charge in [0.1, 0.15) is 23.4 Å². The van der Waals surface area contributed by atoms with E-state index < -0.39 is 12.0 Å². The lowest BCUT2D eigenvalue weighted by molar-refractivity contribution is -0.145. The summed E-state index contributed by atoms with van der Waals surface area (Å²) in [6.07, 6.45) is 0. The van der Waals surface area contributed by atoms with Crippen molar-refractivity contribution in [2.45, 2.75) is 39.5 Å². The van der Waals surface area contributed by atoms with Crippen LogP contribution in [0.2, 0.25) is 0 Å². The summed E-state index contributed by atoms with van der Waals surface area (Å²) < 4.78 is 7.39. The average molecular weight is 316 g/mol. The van der Waals surface area contributed by atoms with E-state index in [0.29, 0.717) is 26.2 Å². The third-order valence-corrected chi connectivity index (χ3v) is 4.03. The molecule has 7 nitrogen and oxygen atoms in total. The van der Waals surface area contributed by atoms with Gasteiger partial charge in [-0.1, -0.05) is 12.1 Å². The molecule has 1 atom stereocenters. The van der Waals surface area contributed by atoms with Gasteiger partial charge < -0.3 is 14.4 Å². The number of carboxylic acid groups (broad SMARTS) is 1.